The van der Waals surface area contributed by atoms with Crippen LogP contribution in [0.4, 0.5) is 5.69 Å². The molecule has 0 bridgehead atoms. The number of halogens is 1. The van der Waals surface area contributed by atoms with Gasteiger partial charge in [0.25, 0.3) is 5.69 Å². The SMILES string of the molecule is CNCCNS(=O)(=O)c1ccccc1[N+](=O)[O-].Cl. The second-order valence-corrected chi connectivity index (χ2v) is 4.96. The molecule has 0 saturated carbocycles. The van der Waals surface area contributed by atoms with Crippen molar-refractivity contribution in [2.45, 2.75) is 4.90 Å². The maximum absolute atomic E-state index is 11.8. The lowest BCUT2D eigenvalue weighted by Gasteiger charge is -2.06. The number of nitrogens with zero attached hydrogens (tertiary/aromatic N) is 1. The average Bonchev–Trinajstić information content (AvgIpc) is 2.29. The molecule has 0 spiro atoms. The van der Waals surface area contributed by atoms with Crippen LogP contribution in [0.1, 0.15) is 0 Å². The van der Waals surface area contributed by atoms with E-state index in [1.165, 1.54) is 18.2 Å². The third-order valence-corrected chi connectivity index (χ3v) is 3.53. The molecule has 0 radical (unpaired) electrons. The Morgan fingerprint density at radius 3 is 2.44 bits per heavy atom. The first-order chi connectivity index (χ1) is 7.99. The Balaban J connectivity index is 0.00000289. The summed E-state index contributed by atoms with van der Waals surface area (Å²) in [6, 6.07) is 5.23. The van der Waals surface area contributed by atoms with E-state index in [0.717, 1.165) is 6.07 Å². The lowest BCUT2D eigenvalue weighted by atomic mass is 10.3. The molecule has 0 atom stereocenters. The predicted molar refractivity (Wildman–Crippen MR) is 69.5 cm³/mol. The normalized spacial score (nSPS) is 10.7. The summed E-state index contributed by atoms with van der Waals surface area (Å²) in [5.41, 5.74) is -0.426. The predicted octanol–water partition coefficient (Wildman–Crippen LogP) is 0.514. The van der Waals surface area contributed by atoms with Crippen LogP contribution in [0.25, 0.3) is 0 Å². The molecule has 0 amide bonds. The van der Waals surface area contributed by atoms with Gasteiger partial charge in [-0.1, -0.05) is 12.1 Å². The number of para-hydroxylation sites is 1. The van der Waals surface area contributed by atoms with E-state index in [-0.39, 0.29) is 23.8 Å². The van der Waals surface area contributed by atoms with Crippen LogP contribution in [0.2, 0.25) is 0 Å². The van der Waals surface area contributed by atoms with Crippen LogP contribution in [0.15, 0.2) is 29.2 Å². The first-order valence-corrected chi connectivity index (χ1v) is 6.35. The van der Waals surface area contributed by atoms with E-state index in [2.05, 4.69) is 10.0 Å². The van der Waals surface area contributed by atoms with Gasteiger partial charge in [-0.05, 0) is 13.1 Å². The number of sulfonamides is 1. The highest BCUT2D eigenvalue weighted by molar-refractivity contribution is 7.89. The van der Waals surface area contributed by atoms with Gasteiger partial charge >= 0.3 is 0 Å². The summed E-state index contributed by atoms with van der Waals surface area (Å²) < 4.78 is 25.9. The van der Waals surface area contributed by atoms with Crippen LogP contribution in [0, 0.1) is 10.1 Å². The number of nitrogens with one attached hydrogen (secondary N) is 2. The van der Waals surface area contributed by atoms with Crippen molar-refractivity contribution in [3.63, 3.8) is 0 Å². The smallest absolute Gasteiger partial charge is 0.289 e. The Bertz CT molecular complexity index is 506. The Hall–Kier alpha value is -1.22. The van der Waals surface area contributed by atoms with Gasteiger partial charge in [0, 0.05) is 19.2 Å². The summed E-state index contributed by atoms with van der Waals surface area (Å²) in [6.45, 7) is 0.616. The zero-order valence-corrected chi connectivity index (χ0v) is 11.3. The molecule has 7 nitrogen and oxygen atoms in total. The lowest BCUT2D eigenvalue weighted by Crippen LogP contribution is -2.30. The Morgan fingerprint density at radius 1 is 1.28 bits per heavy atom. The van der Waals surface area contributed by atoms with E-state index in [1.54, 1.807) is 7.05 Å². The first kappa shape index (κ1) is 16.8. The summed E-state index contributed by atoms with van der Waals surface area (Å²) in [5, 5.41) is 13.5. The quantitative estimate of drug-likeness (QED) is 0.452. The van der Waals surface area contributed by atoms with Crippen LogP contribution < -0.4 is 10.0 Å². The number of hydrogen-bond acceptors (Lipinski definition) is 5. The largest absolute Gasteiger partial charge is 0.318 e. The minimum Gasteiger partial charge on any atom is -0.318 e. The minimum absolute atomic E-state index is 0. The van der Waals surface area contributed by atoms with Gasteiger partial charge in [0.2, 0.25) is 10.0 Å². The second kappa shape index (κ2) is 7.27. The fourth-order valence-corrected chi connectivity index (χ4v) is 2.43. The maximum atomic E-state index is 11.8. The topological polar surface area (TPSA) is 101 Å². The van der Waals surface area contributed by atoms with Crippen LogP contribution in [-0.2, 0) is 10.0 Å². The average molecular weight is 296 g/mol. The van der Waals surface area contributed by atoms with Gasteiger partial charge in [-0.3, -0.25) is 10.1 Å². The molecule has 0 unspecified atom stereocenters. The van der Waals surface area contributed by atoms with Gasteiger partial charge in [0.1, 0.15) is 0 Å². The summed E-state index contributed by atoms with van der Waals surface area (Å²) in [4.78, 5) is 9.67. The van der Waals surface area contributed by atoms with Crippen LogP contribution >= 0.6 is 12.4 Å². The van der Waals surface area contributed by atoms with Gasteiger partial charge in [-0.15, -0.1) is 12.4 Å². The van der Waals surface area contributed by atoms with Crippen LogP contribution in [-0.4, -0.2) is 33.5 Å². The summed E-state index contributed by atoms with van der Waals surface area (Å²) in [6.07, 6.45) is 0. The molecule has 18 heavy (non-hydrogen) atoms. The van der Waals surface area contributed by atoms with Crippen molar-refractivity contribution in [1.82, 2.24) is 10.0 Å². The first-order valence-electron chi connectivity index (χ1n) is 4.86. The summed E-state index contributed by atoms with van der Waals surface area (Å²) >= 11 is 0. The highest BCUT2D eigenvalue weighted by Crippen LogP contribution is 2.22. The van der Waals surface area contributed by atoms with Gasteiger partial charge in [0.15, 0.2) is 4.90 Å². The highest BCUT2D eigenvalue weighted by Gasteiger charge is 2.24. The van der Waals surface area contributed by atoms with Crippen molar-refractivity contribution in [3.8, 4) is 0 Å². The molecule has 0 aliphatic heterocycles. The summed E-state index contributed by atoms with van der Waals surface area (Å²) in [5.74, 6) is 0. The molecule has 0 aliphatic carbocycles. The zero-order valence-electron chi connectivity index (χ0n) is 9.62. The van der Waals surface area contributed by atoms with Crippen molar-refractivity contribution in [3.05, 3.63) is 34.4 Å². The third kappa shape index (κ3) is 4.22. The third-order valence-electron chi connectivity index (χ3n) is 2.02. The molecular weight excluding hydrogens is 282 g/mol. The van der Waals surface area contributed by atoms with Crippen molar-refractivity contribution in [2.75, 3.05) is 20.1 Å². The second-order valence-electron chi connectivity index (χ2n) is 3.23. The Morgan fingerprint density at radius 2 is 1.89 bits per heavy atom. The Kier molecular flexibility index (Phi) is 6.77. The minimum atomic E-state index is -3.84. The molecule has 0 aliphatic rings. The monoisotopic (exact) mass is 295 g/mol. The lowest BCUT2D eigenvalue weighted by molar-refractivity contribution is -0.387. The molecule has 1 rings (SSSR count). The zero-order chi connectivity index (χ0) is 12.9. The molecule has 0 aromatic heterocycles. The van der Waals surface area contributed by atoms with E-state index >= 15 is 0 Å². The fraction of sp³-hybridized carbons (Fsp3) is 0.333. The van der Waals surface area contributed by atoms with Gasteiger partial charge in [0.05, 0.1) is 4.92 Å². The molecular formula is C9H14ClN3O4S. The highest BCUT2D eigenvalue weighted by atomic mass is 35.5. The van der Waals surface area contributed by atoms with E-state index < -0.39 is 20.6 Å². The standard InChI is InChI=1S/C9H13N3O4S.ClH/c1-10-6-7-11-17(15,16)9-5-3-2-4-8(9)12(13)14;/h2-5,10-11H,6-7H2,1H3;1H. The molecule has 9 heteroatoms. The van der Waals surface area contributed by atoms with Crippen LogP contribution in [0.3, 0.4) is 0 Å². The molecule has 1 aromatic carbocycles. The van der Waals surface area contributed by atoms with E-state index in [4.69, 9.17) is 0 Å². The molecule has 0 saturated heterocycles. The molecule has 0 fully saturated rings. The van der Waals surface area contributed by atoms with Crippen molar-refractivity contribution >= 4 is 28.1 Å². The van der Waals surface area contributed by atoms with E-state index in [0.29, 0.717) is 6.54 Å². The Labute approximate surface area is 111 Å². The molecule has 1 aromatic rings. The van der Waals surface area contributed by atoms with Gasteiger partial charge in [-0.2, -0.15) is 0 Å². The van der Waals surface area contributed by atoms with Gasteiger partial charge < -0.3 is 5.32 Å². The van der Waals surface area contributed by atoms with Crippen LogP contribution in [0.5, 0.6) is 0 Å². The number of nitro groups is 1. The number of hydrogen-bond donors (Lipinski definition) is 2. The number of likely N-dealkylation sites (N-methyl/N-ethyl adjacent to an activating group) is 1. The molecule has 2 N–H and O–H groups in total. The fourth-order valence-electron chi connectivity index (χ4n) is 1.22. The molecule has 102 valence electrons. The molecule has 0 heterocycles. The van der Waals surface area contributed by atoms with E-state index in [1.807, 2.05) is 0 Å². The van der Waals surface area contributed by atoms with Crippen molar-refractivity contribution in [1.29, 1.82) is 0 Å². The number of rotatable bonds is 6. The van der Waals surface area contributed by atoms with E-state index in [9.17, 15) is 18.5 Å². The number of benzene rings is 1. The summed E-state index contributed by atoms with van der Waals surface area (Å²) in [7, 11) is -2.16. The number of nitro benzene ring substituents is 1. The van der Waals surface area contributed by atoms with Gasteiger partial charge in [-0.25, -0.2) is 13.1 Å². The van der Waals surface area contributed by atoms with Crippen molar-refractivity contribution < 1.29 is 13.3 Å². The van der Waals surface area contributed by atoms with Crippen molar-refractivity contribution in [2.24, 2.45) is 0 Å². The maximum Gasteiger partial charge on any atom is 0.289 e.